The van der Waals surface area contributed by atoms with Crippen molar-refractivity contribution in [2.75, 3.05) is 6.67 Å². The molecule has 0 radical (unpaired) electrons. The number of carbonyl (C=O) groups excluding carboxylic acids is 1. The largest absolute Gasteiger partial charge is 0.480 e. The van der Waals surface area contributed by atoms with E-state index in [0.29, 0.717) is 6.42 Å². The molecule has 0 aromatic carbocycles. The van der Waals surface area contributed by atoms with Gasteiger partial charge in [0.25, 0.3) is 0 Å². The van der Waals surface area contributed by atoms with E-state index in [0.717, 1.165) is 25.7 Å². The summed E-state index contributed by atoms with van der Waals surface area (Å²) in [5, 5.41) is 10.8. The number of amides is 1. The topological polar surface area (TPSA) is 75.6 Å². The molecular formula is C12H20FNO4. The molecule has 0 aromatic heterocycles. The van der Waals surface area contributed by atoms with Gasteiger partial charge in [-0.05, 0) is 19.3 Å². The highest BCUT2D eigenvalue weighted by Crippen LogP contribution is 2.22. The van der Waals surface area contributed by atoms with E-state index in [2.05, 4.69) is 5.32 Å². The summed E-state index contributed by atoms with van der Waals surface area (Å²) in [6.07, 6.45) is 3.84. The minimum atomic E-state index is -1.49. The predicted molar refractivity (Wildman–Crippen MR) is 63.0 cm³/mol. The summed E-state index contributed by atoms with van der Waals surface area (Å²) in [6.45, 7) is 0.658. The third-order valence-electron chi connectivity index (χ3n) is 3.09. The fraction of sp³-hybridized carbons (Fsp3) is 0.833. The first kappa shape index (κ1) is 14.9. The van der Waals surface area contributed by atoms with Gasteiger partial charge in [0.05, 0.1) is 6.10 Å². The SMILES string of the molecule is CCC(OC1CCCC1)C(=O)NC(CF)C(=O)O. The van der Waals surface area contributed by atoms with E-state index in [1.165, 1.54) is 0 Å². The first-order valence-electron chi connectivity index (χ1n) is 6.33. The summed E-state index contributed by atoms with van der Waals surface area (Å²) >= 11 is 0. The van der Waals surface area contributed by atoms with Crippen molar-refractivity contribution in [1.29, 1.82) is 0 Å². The van der Waals surface area contributed by atoms with Gasteiger partial charge in [-0.15, -0.1) is 0 Å². The number of aliphatic carboxylic acids is 1. The van der Waals surface area contributed by atoms with Crippen LogP contribution in [0.1, 0.15) is 39.0 Å². The van der Waals surface area contributed by atoms with Gasteiger partial charge in [-0.25, -0.2) is 9.18 Å². The maximum Gasteiger partial charge on any atom is 0.328 e. The van der Waals surface area contributed by atoms with E-state index in [1.807, 2.05) is 0 Å². The number of hydrogen-bond donors (Lipinski definition) is 2. The Labute approximate surface area is 106 Å². The molecule has 1 fully saturated rings. The molecule has 1 amide bonds. The fourth-order valence-electron chi connectivity index (χ4n) is 2.03. The van der Waals surface area contributed by atoms with Crippen molar-refractivity contribution in [3.63, 3.8) is 0 Å². The molecule has 1 rings (SSSR count). The second-order valence-electron chi connectivity index (χ2n) is 4.49. The normalized spacial score (nSPS) is 19.4. The first-order valence-corrected chi connectivity index (χ1v) is 6.33. The number of nitrogens with one attached hydrogen (secondary N) is 1. The molecule has 0 aromatic rings. The Hall–Kier alpha value is -1.17. The van der Waals surface area contributed by atoms with Crippen LogP contribution < -0.4 is 5.32 Å². The van der Waals surface area contributed by atoms with Gasteiger partial charge in [-0.2, -0.15) is 0 Å². The Morgan fingerprint density at radius 1 is 1.44 bits per heavy atom. The van der Waals surface area contributed by atoms with Crippen LogP contribution in [0.5, 0.6) is 0 Å². The van der Waals surface area contributed by atoms with Crippen molar-refractivity contribution in [1.82, 2.24) is 5.32 Å². The van der Waals surface area contributed by atoms with Gasteiger partial charge in [0.1, 0.15) is 12.8 Å². The maximum absolute atomic E-state index is 12.4. The zero-order valence-electron chi connectivity index (χ0n) is 10.5. The van der Waals surface area contributed by atoms with Crippen molar-refractivity contribution in [3.8, 4) is 0 Å². The van der Waals surface area contributed by atoms with Crippen molar-refractivity contribution < 1.29 is 23.8 Å². The summed E-state index contributed by atoms with van der Waals surface area (Å²) in [4.78, 5) is 22.4. The Bertz CT molecular complexity index is 292. The standard InChI is InChI=1S/C12H20FNO4/c1-2-10(18-8-5-3-4-6-8)11(15)14-9(7-13)12(16)17/h8-10H,2-7H2,1H3,(H,14,15)(H,16,17). The lowest BCUT2D eigenvalue weighted by molar-refractivity contribution is -0.146. The van der Waals surface area contributed by atoms with E-state index >= 15 is 0 Å². The van der Waals surface area contributed by atoms with Crippen molar-refractivity contribution >= 4 is 11.9 Å². The van der Waals surface area contributed by atoms with Crippen LogP contribution in [-0.4, -0.2) is 41.9 Å². The van der Waals surface area contributed by atoms with Gasteiger partial charge >= 0.3 is 5.97 Å². The van der Waals surface area contributed by atoms with E-state index in [4.69, 9.17) is 9.84 Å². The molecular weight excluding hydrogens is 241 g/mol. The molecule has 0 bridgehead atoms. The molecule has 0 aliphatic heterocycles. The molecule has 6 heteroatoms. The molecule has 1 aliphatic carbocycles. The van der Waals surface area contributed by atoms with Gasteiger partial charge in [0, 0.05) is 0 Å². The molecule has 2 N–H and O–H groups in total. The third kappa shape index (κ3) is 4.25. The quantitative estimate of drug-likeness (QED) is 0.723. The molecule has 18 heavy (non-hydrogen) atoms. The van der Waals surface area contributed by atoms with Crippen molar-refractivity contribution in [2.24, 2.45) is 0 Å². The van der Waals surface area contributed by atoms with Crippen molar-refractivity contribution in [2.45, 2.75) is 57.3 Å². The summed E-state index contributed by atoms with van der Waals surface area (Å²) in [7, 11) is 0. The van der Waals surface area contributed by atoms with E-state index in [1.54, 1.807) is 6.92 Å². The highest BCUT2D eigenvalue weighted by atomic mass is 19.1. The average molecular weight is 261 g/mol. The lowest BCUT2D eigenvalue weighted by Gasteiger charge is -2.21. The van der Waals surface area contributed by atoms with E-state index < -0.39 is 30.7 Å². The maximum atomic E-state index is 12.4. The van der Waals surface area contributed by atoms with Crippen LogP contribution in [0.4, 0.5) is 4.39 Å². The van der Waals surface area contributed by atoms with Gasteiger partial charge in [0.2, 0.25) is 5.91 Å². The van der Waals surface area contributed by atoms with Crippen LogP contribution in [0, 0.1) is 0 Å². The molecule has 0 heterocycles. The van der Waals surface area contributed by atoms with Gasteiger partial charge < -0.3 is 15.2 Å². The molecule has 2 atom stereocenters. The Kier molecular flexibility index (Phi) is 6.04. The second-order valence-corrected chi connectivity index (χ2v) is 4.49. The zero-order valence-corrected chi connectivity index (χ0v) is 10.5. The molecule has 5 nitrogen and oxygen atoms in total. The van der Waals surface area contributed by atoms with Gasteiger partial charge in [-0.3, -0.25) is 4.79 Å². The minimum absolute atomic E-state index is 0.0642. The Balaban J connectivity index is 2.47. The second kappa shape index (κ2) is 7.31. The van der Waals surface area contributed by atoms with Crippen LogP contribution >= 0.6 is 0 Å². The van der Waals surface area contributed by atoms with Crippen LogP contribution in [-0.2, 0) is 14.3 Å². The van der Waals surface area contributed by atoms with Crippen molar-refractivity contribution in [3.05, 3.63) is 0 Å². The summed E-state index contributed by atoms with van der Waals surface area (Å²) in [6, 6.07) is -1.49. The molecule has 104 valence electrons. The van der Waals surface area contributed by atoms with Crippen LogP contribution in [0.15, 0.2) is 0 Å². The number of halogens is 1. The lowest BCUT2D eigenvalue weighted by atomic mass is 10.2. The van der Waals surface area contributed by atoms with Gasteiger partial charge in [0.15, 0.2) is 6.04 Å². The number of carbonyl (C=O) groups is 2. The highest BCUT2D eigenvalue weighted by Gasteiger charge is 2.27. The summed E-state index contributed by atoms with van der Waals surface area (Å²) in [5.74, 6) is -1.92. The predicted octanol–water partition coefficient (Wildman–Crippen LogP) is 1.26. The van der Waals surface area contributed by atoms with Crippen LogP contribution in [0.2, 0.25) is 0 Å². The van der Waals surface area contributed by atoms with Gasteiger partial charge in [-0.1, -0.05) is 19.8 Å². The molecule has 2 unspecified atom stereocenters. The first-order chi connectivity index (χ1) is 8.58. The number of ether oxygens (including phenoxy) is 1. The monoisotopic (exact) mass is 261 g/mol. The number of rotatable bonds is 7. The molecule has 0 saturated heterocycles. The molecule has 0 spiro atoms. The average Bonchev–Trinajstić information content (AvgIpc) is 2.85. The minimum Gasteiger partial charge on any atom is -0.480 e. The number of carboxylic acids is 1. The fourth-order valence-corrected chi connectivity index (χ4v) is 2.03. The van der Waals surface area contributed by atoms with E-state index in [-0.39, 0.29) is 6.10 Å². The van der Waals surface area contributed by atoms with Crippen LogP contribution in [0.3, 0.4) is 0 Å². The summed E-state index contributed by atoms with van der Waals surface area (Å²) in [5.41, 5.74) is 0. The number of alkyl halides is 1. The zero-order chi connectivity index (χ0) is 13.5. The molecule has 1 saturated carbocycles. The number of hydrogen-bond acceptors (Lipinski definition) is 3. The van der Waals surface area contributed by atoms with Crippen LogP contribution in [0.25, 0.3) is 0 Å². The smallest absolute Gasteiger partial charge is 0.328 e. The molecule has 1 aliphatic rings. The highest BCUT2D eigenvalue weighted by molar-refractivity contribution is 5.86. The lowest BCUT2D eigenvalue weighted by Crippen LogP contribution is -2.47. The summed E-state index contributed by atoms with van der Waals surface area (Å²) < 4.78 is 18.0. The van der Waals surface area contributed by atoms with E-state index in [9.17, 15) is 14.0 Å². The third-order valence-corrected chi connectivity index (χ3v) is 3.09. The Morgan fingerprint density at radius 2 is 2.06 bits per heavy atom. The Morgan fingerprint density at radius 3 is 2.50 bits per heavy atom. The number of carboxylic acid groups (broad SMARTS) is 1.